The van der Waals surface area contributed by atoms with E-state index in [1.807, 2.05) is 18.2 Å². The number of hydrogen-bond acceptors (Lipinski definition) is 1. The molecule has 0 aliphatic heterocycles. The molecule has 4 aromatic rings. The Bertz CT molecular complexity index is 874. The van der Waals surface area contributed by atoms with Crippen LogP contribution in [0.2, 0.25) is 5.02 Å². The van der Waals surface area contributed by atoms with Crippen LogP contribution in [-0.2, 0) is 0 Å². The Balaban J connectivity index is 2.06. The number of thiazole rings is 1. The number of aromatic amines is 1. The van der Waals surface area contributed by atoms with E-state index in [1.54, 1.807) is 11.3 Å². The molecule has 0 saturated carbocycles. The minimum atomic E-state index is 0.763. The zero-order valence-corrected chi connectivity index (χ0v) is 11.5. The first kappa shape index (κ1) is 11.0. The van der Waals surface area contributed by atoms with Crippen molar-refractivity contribution in [1.29, 1.82) is 0 Å². The second-order valence-corrected chi connectivity index (χ2v) is 5.71. The molecule has 2 heterocycles. The molecule has 0 spiro atoms. The zero-order chi connectivity index (χ0) is 12.8. The SMILES string of the molecule is Clc1ccc(-c2csc3[nH]c4ccccc4[n+]23)cc1. The van der Waals surface area contributed by atoms with Crippen LogP contribution < -0.4 is 4.40 Å². The summed E-state index contributed by atoms with van der Waals surface area (Å²) in [4.78, 5) is 4.58. The third kappa shape index (κ3) is 1.66. The van der Waals surface area contributed by atoms with Gasteiger partial charge in [-0.3, -0.25) is 0 Å². The molecule has 19 heavy (non-hydrogen) atoms. The largest absolute Gasteiger partial charge is 0.344 e. The van der Waals surface area contributed by atoms with E-state index in [4.69, 9.17) is 11.6 Å². The van der Waals surface area contributed by atoms with Crippen molar-refractivity contribution < 1.29 is 4.40 Å². The highest BCUT2D eigenvalue weighted by atomic mass is 35.5. The number of rotatable bonds is 1. The summed E-state index contributed by atoms with van der Waals surface area (Å²) in [6.07, 6.45) is 0. The van der Waals surface area contributed by atoms with Crippen LogP contribution in [-0.4, -0.2) is 4.98 Å². The van der Waals surface area contributed by atoms with E-state index in [0.29, 0.717) is 0 Å². The second-order valence-electron chi connectivity index (χ2n) is 4.41. The lowest BCUT2D eigenvalue weighted by Crippen LogP contribution is -2.19. The average molecular weight is 286 g/mol. The first-order chi connectivity index (χ1) is 9.33. The number of benzene rings is 2. The fourth-order valence-corrected chi connectivity index (χ4v) is 3.42. The van der Waals surface area contributed by atoms with Crippen molar-refractivity contribution in [1.82, 2.24) is 4.98 Å². The van der Waals surface area contributed by atoms with Gasteiger partial charge in [0.15, 0.2) is 16.7 Å². The van der Waals surface area contributed by atoms with Gasteiger partial charge in [-0.15, -0.1) is 0 Å². The minimum Gasteiger partial charge on any atom is -0.227 e. The summed E-state index contributed by atoms with van der Waals surface area (Å²) in [5.74, 6) is 0. The van der Waals surface area contributed by atoms with Crippen molar-refractivity contribution in [3.8, 4) is 11.3 Å². The van der Waals surface area contributed by atoms with Gasteiger partial charge in [-0.2, -0.15) is 4.40 Å². The fourth-order valence-electron chi connectivity index (χ4n) is 2.36. The van der Waals surface area contributed by atoms with E-state index in [2.05, 4.69) is 45.1 Å². The van der Waals surface area contributed by atoms with E-state index in [-0.39, 0.29) is 0 Å². The summed E-state index contributed by atoms with van der Waals surface area (Å²) in [5, 5.41) is 2.93. The van der Waals surface area contributed by atoms with Gasteiger partial charge in [-0.05, 0) is 36.4 Å². The van der Waals surface area contributed by atoms with Crippen LogP contribution in [0.5, 0.6) is 0 Å². The van der Waals surface area contributed by atoms with Crippen molar-refractivity contribution in [2.75, 3.05) is 0 Å². The Kier molecular flexibility index (Phi) is 2.37. The summed E-state index contributed by atoms with van der Waals surface area (Å²) in [6, 6.07) is 16.3. The average Bonchev–Trinajstić information content (AvgIpc) is 2.98. The molecule has 2 nitrogen and oxygen atoms in total. The summed E-state index contributed by atoms with van der Waals surface area (Å²) in [7, 11) is 0. The van der Waals surface area contributed by atoms with Gasteiger partial charge in [-0.1, -0.05) is 35.1 Å². The third-order valence-corrected chi connectivity index (χ3v) is 4.35. The highest BCUT2D eigenvalue weighted by Crippen LogP contribution is 2.24. The molecule has 0 aliphatic rings. The van der Waals surface area contributed by atoms with Crippen molar-refractivity contribution in [2.24, 2.45) is 0 Å². The molecule has 2 aromatic carbocycles. The first-order valence-electron chi connectivity index (χ1n) is 5.99. The van der Waals surface area contributed by atoms with Crippen molar-refractivity contribution >= 4 is 38.9 Å². The van der Waals surface area contributed by atoms with Gasteiger partial charge < -0.3 is 0 Å². The normalized spacial score (nSPS) is 11.4. The van der Waals surface area contributed by atoms with E-state index in [1.165, 1.54) is 16.8 Å². The van der Waals surface area contributed by atoms with E-state index in [9.17, 15) is 0 Å². The number of nitrogens with one attached hydrogen (secondary N) is 1. The number of nitrogens with zero attached hydrogens (tertiary/aromatic N) is 1. The molecule has 0 amide bonds. The maximum Gasteiger partial charge on any atom is 0.344 e. The predicted molar refractivity (Wildman–Crippen MR) is 79.8 cm³/mol. The van der Waals surface area contributed by atoms with E-state index in [0.717, 1.165) is 15.5 Å². The first-order valence-corrected chi connectivity index (χ1v) is 7.24. The summed E-state index contributed by atoms with van der Waals surface area (Å²) in [5.41, 5.74) is 4.72. The molecule has 0 bridgehead atoms. The summed E-state index contributed by atoms with van der Waals surface area (Å²) < 4.78 is 2.25. The second kappa shape index (κ2) is 4.08. The Hall–Kier alpha value is -1.84. The fraction of sp³-hybridized carbons (Fsp3) is 0. The van der Waals surface area contributed by atoms with Gasteiger partial charge in [0.1, 0.15) is 0 Å². The monoisotopic (exact) mass is 285 g/mol. The lowest BCUT2D eigenvalue weighted by atomic mass is 10.2. The lowest BCUT2D eigenvalue weighted by molar-refractivity contribution is -0.463. The molecule has 4 heteroatoms. The Labute approximate surface area is 118 Å². The number of aromatic nitrogens is 2. The topological polar surface area (TPSA) is 19.9 Å². The number of para-hydroxylation sites is 2. The number of hydrogen-bond donors (Lipinski definition) is 1. The van der Waals surface area contributed by atoms with Crippen LogP contribution in [0, 0.1) is 0 Å². The van der Waals surface area contributed by atoms with Crippen molar-refractivity contribution in [3.63, 3.8) is 0 Å². The van der Waals surface area contributed by atoms with Crippen LogP contribution >= 0.6 is 22.9 Å². The van der Waals surface area contributed by atoms with Gasteiger partial charge in [0.25, 0.3) is 0 Å². The molecule has 0 radical (unpaired) electrons. The van der Waals surface area contributed by atoms with Gasteiger partial charge in [0.2, 0.25) is 0 Å². The summed E-state index contributed by atoms with van der Waals surface area (Å²) in [6.45, 7) is 0. The van der Waals surface area contributed by atoms with Gasteiger partial charge in [-0.25, -0.2) is 4.98 Å². The van der Waals surface area contributed by atoms with Crippen molar-refractivity contribution in [3.05, 3.63) is 58.9 Å². The molecule has 0 aliphatic carbocycles. The van der Waals surface area contributed by atoms with Crippen LogP contribution in [0.15, 0.2) is 53.9 Å². The molecule has 2 aromatic heterocycles. The number of H-pyrrole nitrogens is 1. The standard InChI is InChI=1S/C15H9ClN2S/c16-11-7-5-10(6-8-11)14-9-19-15-17-12-3-1-2-4-13(12)18(14)15/h1-9H/p+1. The van der Waals surface area contributed by atoms with Gasteiger partial charge in [0.05, 0.1) is 0 Å². The Morgan fingerprint density at radius 2 is 1.79 bits per heavy atom. The van der Waals surface area contributed by atoms with Crippen molar-refractivity contribution in [2.45, 2.75) is 0 Å². The quantitative estimate of drug-likeness (QED) is 0.504. The Morgan fingerprint density at radius 1 is 1.00 bits per heavy atom. The van der Waals surface area contributed by atoms with E-state index < -0.39 is 0 Å². The van der Waals surface area contributed by atoms with Gasteiger partial charge in [0, 0.05) is 16.0 Å². The number of halogens is 1. The molecule has 0 atom stereocenters. The van der Waals surface area contributed by atoms with Crippen LogP contribution in [0.25, 0.3) is 27.3 Å². The highest BCUT2D eigenvalue weighted by molar-refractivity contribution is 7.15. The Morgan fingerprint density at radius 3 is 2.63 bits per heavy atom. The van der Waals surface area contributed by atoms with Crippen LogP contribution in [0.3, 0.4) is 0 Å². The molecule has 0 saturated heterocycles. The maximum absolute atomic E-state index is 5.95. The molecular formula is C15H10ClN2S+. The third-order valence-electron chi connectivity index (χ3n) is 3.25. The highest BCUT2D eigenvalue weighted by Gasteiger charge is 2.18. The molecule has 0 unspecified atom stereocenters. The minimum absolute atomic E-state index is 0.763. The molecule has 0 fully saturated rings. The van der Waals surface area contributed by atoms with Crippen LogP contribution in [0.1, 0.15) is 0 Å². The van der Waals surface area contributed by atoms with Crippen LogP contribution in [0.4, 0.5) is 0 Å². The lowest BCUT2D eigenvalue weighted by Gasteiger charge is -1.96. The maximum atomic E-state index is 5.95. The molecular weight excluding hydrogens is 276 g/mol. The smallest absolute Gasteiger partial charge is 0.227 e. The summed E-state index contributed by atoms with van der Waals surface area (Å²) >= 11 is 7.67. The molecule has 92 valence electrons. The molecule has 4 rings (SSSR count). The zero-order valence-electron chi connectivity index (χ0n) is 9.93. The van der Waals surface area contributed by atoms with Gasteiger partial charge >= 0.3 is 4.96 Å². The number of imidazole rings is 1. The van der Waals surface area contributed by atoms with E-state index >= 15 is 0 Å². The number of fused-ring (bicyclic) bond motifs is 3. The molecule has 1 N–H and O–H groups in total. The predicted octanol–water partition coefficient (Wildman–Crippen LogP) is 4.29.